The number of nitrogens with zero attached hydrogens (tertiary/aromatic N) is 4. The van der Waals surface area contributed by atoms with Gasteiger partial charge in [0.15, 0.2) is 11.4 Å². The lowest BCUT2D eigenvalue weighted by atomic mass is 9.67. The normalized spacial score (nSPS) is 16.1. The number of ketones is 1. The van der Waals surface area contributed by atoms with Gasteiger partial charge in [0.05, 0.1) is 17.1 Å². The van der Waals surface area contributed by atoms with Gasteiger partial charge in [-0.25, -0.2) is 9.67 Å². The van der Waals surface area contributed by atoms with Gasteiger partial charge in [-0.1, -0.05) is 51.1 Å². The predicted molar refractivity (Wildman–Crippen MR) is 139 cm³/mol. The van der Waals surface area contributed by atoms with Crippen molar-refractivity contribution in [2.24, 2.45) is 5.41 Å². The Bertz CT molecular complexity index is 1380. The summed E-state index contributed by atoms with van der Waals surface area (Å²) in [6.07, 6.45) is 1.40. The van der Waals surface area contributed by atoms with E-state index in [9.17, 15) is 4.79 Å². The van der Waals surface area contributed by atoms with Crippen molar-refractivity contribution in [3.63, 3.8) is 0 Å². The van der Waals surface area contributed by atoms with Gasteiger partial charge in [-0.3, -0.25) is 4.79 Å². The van der Waals surface area contributed by atoms with E-state index < -0.39 is 0 Å². The molecular formula is C29H32N4O. The van der Waals surface area contributed by atoms with Crippen LogP contribution in [0.2, 0.25) is 0 Å². The van der Waals surface area contributed by atoms with E-state index in [2.05, 4.69) is 49.9 Å². The van der Waals surface area contributed by atoms with Crippen molar-refractivity contribution in [2.45, 2.75) is 46.5 Å². The molecule has 1 atom stereocenters. The molecule has 34 heavy (non-hydrogen) atoms. The van der Waals surface area contributed by atoms with Gasteiger partial charge >= 0.3 is 0 Å². The largest absolute Gasteiger partial charge is 0.378 e. The van der Waals surface area contributed by atoms with E-state index in [0.29, 0.717) is 6.42 Å². The lowest BCUT2D eigenvalue weighted by molar-refractivity contribution is 0.0955. The summed E-state index contributed by atoms with van der Waals surface area (Å²) in [5, 5.41) is 5.95. The minimum atomic E-state index is 0.0110. The number of hydrogen-bond acceptors (Lipinski definition) is 4. The number of pyridine rings is 1. The third kappa shape index (κ3) is 3.60. The van der Waals surface area contributed by atoms with E-state index in [0.717, 1.165) is 56.9 Å². The highest BCUT2D eigenvalue weighted by Gasteiger charge is 2.38. The molecule has 0 radical (unpaired) electrons. The zero-order valence-electron chi connectivity index (χ0n) is 20.9. The predicted octanol–water partition coefficient (Wildman–Crippen LogP) is 6.57. The molecule has 2 aromatic carbocycles. The Balaban J connectivity index is 1.88. The molecule has 0 amide bonds. The lowest BCUT2D eigenvalue weighted by Gasteiger charge is -2.36. The van der Waals surface area contributed by atoms with Crippen LogP contribution in [0.1, 0.15) is 61.1 Å². The van der Waals surface area contributed by atoms with Crippen molar-refractivity contribution in [3.8, 4) is 16.9 Å². The number of Topliss-reactive ketones (excluding diaryl/α,β-unsaturated/α-hetero) is 1. The third-order valence-corrected chi connectivity index (χ3v) is 7.02. The first-order valence-corrected chi connectivity index (χ1v) is 12.0. The minimum absolute atomic E-state index is 0.0110. The number of aromatic nitrogens is 3. The summed E-state index contributed by atoms with van der Waals surface area (Å²) in [5.41, 5.74) is 7.47. The molecule has 0 fully saturated rings. The first-order valence-electron chi connectivity index (χ1n) is 12.0. The van der Waals surface area contributed by atoms with Gasteiger partial charge in [0.2, 0.25) is 0 Å². The fourth-order valence-corrected chi connectivity index (χ4v) is 5.27. The first-order chi connectivity index (χ1) is 16.2. The molecule has 0 aliphatic heterocycles. The van der Waals surface area contributed by atoms with Crippen LogP contribution in [0.15, 0.2) is 54.6 Å². The number of rotatable bonds is 3. The number of fused-ring (bicyclic) bond motifs is 3. The molecule has 2 aromatic heterocycles. The number of carbonyl (C=O) groups excluding carboxylic acids is 1. The Labute approximate surface area is 201 Å². The van der Waals surface area contributed by atoms with Crippen LogP contribution in [-0.4, -0.2) is 34.6 Å². The van der Waals surface area contributed by atoms with Gasteiger partial charge in [0.25, 0.3) is 0 Å². The second kappa shape index (κ2) is 8.08. The molecule has 174 valence electrons. The molecule has 4 aromatic rings. The molecule has 5 rings (SSSR count). The molecule has 0 N–H and O–H groups in total. The van der Waals surface area contributed by atoms with E-state index >= 15 is 0 Å². The SMILES string of the molecule is Cc1nn(-c2ccccc2)c2nc(-c3ccc(N(C)C)cc3)c3c(c12)[C@@H](C(C)(C)C)CCC3=O. The summed E-state index contributed by atoms with van der Waals surface area (Å²) in [4.78, 5) is 20.7. The molecule has 1 aliphatic rings. The van der Waals surface area contributed by atoms with Crippen molar-refractivity contribution in [1.29, 1.82) is 0 Å². The van der Waals surface area contributed by atoms with E-state index in [4.69, 9.17) is 10.1 Å². The Kier molecular flexibility index (Phi) is 5.31. The highest BCUT2D eigenvalue weighted by molar-refractivity contribution is 6.08. The quantitative estimate of drug-likeness (QED) is 0.353. The van der Waals surface area contributed by atoms with Crippen LogP contribution < -0.4 is 4.90 Å². The number of para-hydroxylation sites is 1. The maximum Gasteiger partial charge on any atom is 0.165 e. The number of benzene rings is 2. The van der Waals surface area contributed by atoms with Gasteiger partial charge in [-0.05, 0) is 54.5 Å². The zero-order chi connectivity index (χ0) is 24.2. The van der Waals surface area contributed by atoms with E-state index in [1.165, 1.54) is 0 Å². The minimum Gasteiger partial charge on any atom is -0.378 e. The van der Waals surface area contributed by atoms with Crippen LogP contribution in [-0.2, 0) is 0 Å². The summed E-state index contributed by atoms with van der Waals surface area (Å²) < 4.78 is 1.93. The summed E-state index contributed by atoms with van der Waals surface area (Å²) in [7, 11) is 4.06. The van der Waals surface area contributed by atoms with E-state index in [1.807, 2.05) is 56.0 Å². The topological polar surface area (TPSA) is 51.0 Å². The van der Waals surface area contributed by atoms with Crippen LogP contribution in [0.25, 0.3) is 28.0 Å². The van der Waals surface area contributed by atoms with Gasteiger partial charge in [0.1, 0.15) is 0 Å². The monoisotopic (exact) mass is 452 g/mol. The highest BCUT2D eigenvalue weighted by Crippen LogP contribution is 2.49. The molecule has 1 aliphatic carbocycles. The average molecular weight is 453 g/mol. The average Bonchev–Trinajstić information content (AvgIpc) is 3.15. The molecular weight excluding hydrogens is 420 g/mol. The van der Waals surface area contributed by atoms with E-state index in [-0.39, 0.29) is 17.1 Å². The molecule has 0 bridgehead atoms. The lowest BCUT2D eigenvalue weighted by Crippen LogP contribution is -2.27. The van der Waals surface area contributed by atoms with E-state index in [1.54, 1.807) is 0 Å². The third-order valence-electron chi connectivity index (χ3n) is 7.02. The van der Waals surface area contributed by atoms with Crippen LogP contribution in [0.5, 0.6) is 0 Å². The van der Waals surface area contributed by atoms with Crippen molar-refractivity contribution in [3.05, 3.63) is 71.4 Å². The number of carbonyl (C=O) groups is 1. The van der Waals surface area contributed by atoms with Gasteiger partial charge in [-0.15, -0.1) is 0 Å². The molecule has 0 unspecified atom stereocenters. The Morgan fingerprint density at radius 3 is 2.29 bits per heavy atom. The number of hydrogen-bond donors (Lipinski definition) is 0. The van der Waals surface area contributed by atoms with Crippen molar-refractivity contribution < 1.29 is 4.79 Å². The van der Waals surface area contributed by atoms with Crippen LogP contribution in [0.4, 0.5) is 5.69 Å². The molecule has 5 nitrogen and oxygen atoms in total. The Morgan fingerprint density at radius 2 is 1.68 bits per heavy atom. The molecule has 0 spiro atoms. The summed E-state index contributed by atoms with van der Waals surface area (Å²) in [6, 6.07) is 18.4. The van der Waals surface area contributed by atoms with Gasteiger partial charge in [0, 0.05) is 42.7 Å². The smallest absolute Gasteiger partial charge is 0.165 e. The van der Waals surface area contributed by atoms with Crippen molar-refractivity contribution >= 4 is 22.5 Å². The fourth-order valence-electron chi connectivity index (χ4n) is 5.27. The highest BCUT2D eigenvalue weighted by atomic mass is 16.1. The maximum atomic E-state index is 13.5. The standard InChI is InChI=1S/C29H32N4O/c1-18-24-25-22(29(2,3)4)16-17-23(34)26(25)27(19-12-14-20(15-13-19)32(5)6)30-28(24)33(31-18)21-10-8-7-9-11-21/h7-15,22H,16-17H2,1-6H3/t22-/m0/s1. The van der Waals surface area contributed by atoms with Crippen LogP contribution in [0.3, 0.4) is 0 Å². The molecule has 5 heteroatoms. The summed E-state index contributed by atoms with van der Waals surface area (Å²) >= 11 is 0. The van der Waals surface area contributed by atoms with Crippen molar-refractivity contribution in [2.75, 3.05) is 19.0 Å². The van der Waals surface area contributed by atoms with Gasteiger partial charge < -0.3 is 4.90 Å². The number of aryl methyl sites for hydroxylation is 1. The maximum absolute atomic E-state index is 13.5. The van der Waals surface area contributed by atoms with Gasteiger partial charge in [-0.2, -0.15) is 5.10 Å². The van der Waals surface area contributed by atoms with Crippen molar-refractivity contribution in [1.82, 2.24) is 14.8 Å². The molecule has 0 saturated carbocycles. The second-order valence-corrected chi connectivity index (χ2v) is 10.6. The zero-order valence-corrected chi connectivity index (χ0v) is 20.9. The Morgan fingerprint density at radius 1 is 1.00 bits per heavy atom. The van der Waals surface area contributed by atoms with Crippen LogP contribution in [0, 0.1) is 12.3 Å². The fraction of sp³-hybridized carbons (Fsp3) is 0.345. The first kappa shape index (κ1) is 22.3. The Hall–Kier alpha value is -3.47. The molecule has 2 heterocycles. The summed E-state index contributed by atoms with van der Waals surface area (Å²) in [5.74, 6) is 0.432. The van der Waals surface area contributed by atoms with Crippen LogP contribution >= 0.6 is 0 Å². The number of anilines is 1. The molecule has 0 saturated heterocycles. The second-order valence-electron chi connectivity index (χ2n) is 10.6. The summed E-state index contributed by atoms with van der Waals surface area (Å²) in [6.45, 7) is 8.85.